The fourth-order valence-electron chi connectivity index (χ4n) is 2.49. The summed E-state index contributed by atoms with van der Waals surface area (Å²) in [5.41, 5.74) is 8.53. The van der Waals surface area contributed by atoms with Crippen LogP contribution in [0.15, 0.2) is 0 Å². The Morgan fingerprint density at radius 2 is 2.07 bits per heavy atom. The molecule has 1 aromatic rings. The zero-order valence-corrected chi connectivity index (χ0v) is 9.08. The third-order valence-electron chi connectivity index (χ3n) is 3.32. The molecule has 1 aliphatic rings. The van der Waals surface area contributed by atoms with Crippen LogP contribution in [-0.2, 0) is 13.5 Å². The van der Waals surface area contributed by atoms with Crippen molar-refractivity contribution in [1.29, 1.82) is 0 Å². The number of nitrogens with zero attached hydrogens (tertiary/aromatic N) is 2. The molecule has 0 bridgehead atoms. The van der Waals surface area contributed by atoms with Gasteiger partial charge in [-0.3, -0.25) is 4.68 Å². The van der Waals surface area contributed by atoms with Crippen LogP contribution in [0, 0.1) is 0 Å². The lowest BCUT2D eigenvalue weighted by Crippen LogP contribution is -1.98. The Morgan fingerprint density at radius 3 is 2.64 bits per heavy atom. The number of hydrogen-bond acceptors (Lipinski definition) is 2. The Labute approximate surface area is 85.3 Å². The van der Waals surface area contributed by atoms with Crippen molar-refractivity contribution < 1.29 is 0 Å². The molecule has 2 rings (SSSR count). The van der Waals surface area contributed by atoms with Crippen LogP contribution in [0.25, 0.3) is 0 Å². The highest BCUT2D eigenvalue weighted by Gasteiger charge is 2.24. The summed E-state index contributed by atoms with van der Waals surface area (Å²) in [6.45, 7) is 2.16. The average molecular weight is 193 g/mol. The van der Waals surface area contributed by atoms with Crippen LogP contribution in [-0.4, -0.2) is 9.78 Å². The van der Waals surface area contributed by atoms with Gasteiger partial charge >= 0.3 is 0 Å². The molecule has 0 saturated heterocycles. The molecule has 78 valence electrons. The number of hydrogen-bond donors (Lipinski definition) is 1. The topological polar surface area (TPSA) is 43.8 Å². The summed E-state index contributed by atoms with van der Waals surface area (Å²) >= 11 is 0. The van der Waals surface area contributed by atoms with E-state index in [-0.39, 0.29) is 0 Å². The second-order valence-corrected chi connectivity index (χ2v) is 4.21. The van der Waals surface area contributed by atoms with Gasteiger partial charge in [-0.1, -0.05) is 19.8 Å². The minimum Gasteiger partial charge on any atom is -0.384 e. The SMILES string of the molecule is CCc1c(C2CCCC2)nn(C)c1N. The minimum absolute atomic E-state index is 0.674. The number of aromatic nitrogens is 2. The predicted molar refractivity (Wildman–Crippen MR) is 58.2 cm³/mol. The van der Waals surface area contributed by atoms with Crippen molar-refractivity contribution in [2.24, 2.45) is 7.05 Å². The lowest BCUT2D eigenvalue weighted by Gasteiger charge is -2.07. The summed E-state index contributed by atoms with van der Waals surface area (Å²) in [7, 11) is 1.94. The lowest BCUT2D eigenvalue weighted by atomic mass is 9.99. The molecule has 1 heterocycles. The van der Waals surface area contributed by atoms with E-state index in [0.29, 0.717) is 5.92 Å². The van der Waals surface area contributed by atoms with E-state index in [1.165, 1.54) is 36.9 Å². The van der Waals surface area contributed by atoms with Gasteiger partial charge in [0.15, 0.2) is 0 Å². The number of nitrogens with two attached hydrogens (primary N) is 1. The van der Waals surface area contributed by atoms with E-state index < -0.39 is 0 Å². The quantitative estimate of drug-likeness (QED) is 0.782. The Hall–Kier alpha value is -0.990. The van der Waals surface area contributed by atoms with Crippen molar-refractivity contribution in [2.75, 3.05) is 5.73 Å². The number of rotatable bonds is 2. The molecule has 0 aliphatic heterocycles. The van der Waals surface area contributed by atoms with Crippen LogP contribution in [0.4, 0.5) is 5.82 Å². The monoisotopic (exact) mass is 193 g/mol. The van der Waals surface area contributed by atoms with Gasteiger partial charge in [0.2, 0.25) is 0 Å². The van der Waals surface area contributed by atoms with Gasteiger partial charge in [-0.15, -0.1) is 0 Å². The highest BCUT2D eigenvalue weighted by Crippen LogP contribution is 2.36. The molecule has 0 spiro atoms. The Morgan fingerprint density at radius 1 is 1.43 bits per heavy atom. The maximum absolute atomic E-state index is 5.98. The third-order valence-corrected chi connectivity index (χ3v) is 3.32. The van der Waals surface area contributed by atoms with E-state index in [1.807, 2.05) is 11.7 Å². The molecule has 0 amide bonds. The van der Waals surface area contributed by atoms with Gasteiger partial charge < -0.3 is 5.73 Å². The molecule has 2 N–H and O–H groups in total. The zero-order chi connectivity index (χ0) is 10.1. The maximum atomic E-state index is 5.98. The van der Waals surface area contributed by atoms with Gasteiger partial charge in [0, 0.05) is 18.5 Å². The van der Waals surface area contributed by atoms with Crippen molar-refractivity contribution in [3.63, 3.8) is 0 Å². The molecule has 3 heteroatoms. The molecule has 0 atom stereocenters. The first-order valence-electron chi connectivity index (χ1n) is 5.55. The first-order chi connectivity index (χ1) is 6.74. The molecule has 14 heavy (non-hydrogen) atoms. The summed E-state index contributed by atoms with van der Waals surface area (Å²) in [6, 6.07) is 0. The Bertz CT molecular complexity index is 322. The van der Waals surface area contributed by atoms with Crippen molar-refractivity contribution in [2.45, 2.75) is 44.9 Å². The molecule has 0 aromatic carbocycles. The standard InChI is InChI=1S/C11H19N3/c1-3-9-10(8-6-4-5-7-8)13-14(2)11(9)12/h8H,3-7,12H2,1-2H3. The second-order valence-electron chi connectivity index (χ2n) is 4.21. The first kappa shape index (κ1) is 9.56. The van der Waals surface area contributed by atoms with E-state index in [9.17, 15) is 0 Å². The van der Waals surface area contributed by atoms with Crippen LogP contribution >= 0.6 is 0 Å². The van der Waals surface area contributed by atoms with E-state index in [4.69, 9.17) is 5.73 Å². The fourth-order valence-corrected chi connectivity index (χ4v) is 2.49. The van der Waals surface area contributed by atoms with Crippen LogP contribution in [0.3, 0.4) is 0 Å². The molecule has 1 fully saturated rings. The largest absolute Gasteiger partial charge is 0.384 e. The summed E-state index contributed by atoms with van der Waals surface area (Å²) in [4.78, 5) is 0. The third kappa shape index (κ3) is 1.41. The van der Waals surface area contributed by atoms with E-state index in [2.05, 4.69) is 12.0 Å². The van der Waals surface area contributed by atoms with Crippen molar-refractivity contribution in [3.05, 3.63) is 11.3 Å². The highest BCUT2D eigenvalue weighted by molar-refractivity contribution is 5.44. The Balaban J connectivity index is 2.36. The molecule has 1 aliphatic carbocycles. The minimum atomic E-state index is 0.674. The van der Waals surface area contributed by atoms with Crippen LogP contribution in [0.2, 0.25) is 0 Å². The van der Waals surface area contributed by atoms with E-state index in [1.54, 1.807) is 0 Å². The smallest absolute Gasteiger partial charge is 0.124 e. The van der Waals surface area contributed by atoms with Gasteiger partial charge in [0.25, 0.3) is 0 Å². The van der Waals surface area contributed by atoms with E-state index >= 15 is 0 Å². The van der Waals surface area contributed by atoms with Crippen LogP contribution < -0.4 is 5.73 Å². The zero-order valence-electron chi connectivity index (χ0n) is 9.08. The fraction of sp³-hybridized carbons (Fsp3) is 0.727. The molecule has 1 aromatic heterocycles. The van der Waals surface area contributed by atoms with Gasteiger partial charge in [-0.2, -0.15) is 5.10 Å². The molecular weight excluding hydrogens is 174 g/mol. The van der Waals surface area contributed by atoms with Crippen LogP contribution in [0.1, 0.15) is 49.8 Å². The lowest BCUT2D eigenvalue weighted by molar-refractivity contribution is 0.656. The summed E-state index contributed by atoms with van der Waals surface area (Å²) in [5.74, 6) is 1.53. The normalized spacial score (nSPS) is 17.9. The van der Waals surface area contributed by atoms with E-state index in [0.717, 1.165) is 12.2 Å². The molecular formula is C11H19N3. The number of nitrogen functional groups attached to an aromatic ring is 1. The molecule has 3 nitrogen and oxygen atoms in total. The molecule has 1 saturated carbocycles. The first-order valence-corrected chi connectivity index (χ1v) is 5.55. The number of aryl methyl sites for hydroxylation is 1. The van der Waals surface area contributed by atoms with Crippen molar-refractivity contribution in [1.82, 2.24) is 9.78 Å². The summed E-state index contributed by atoms with van der Waals surface area (Å²) in [6.07, 6.45) is 6.30. The molecule has 0 radical (unpaired) electrons. The van der Waals surface area contributed by atoms with Gasteiger partial charge in [0.1, 0.15) is 5.82 Å². The predicted octanol–water partition coefficient (Wildman–Crippen LogP) is 2.22. The number of anilines is 1. The summed E-state index contributed by atoms with van der Waals surface area (Å²) in [5, 5.41) is 4.55. The van der Waals surface area contributed by atoms with Crippen molar-refractivity contribution in [3.8, 4) is 0 Å². The summed E-state index contributed by atoms with van der Waals surface area (Å²) < 4.78 is 1.83. The van der Waals surface area contributed by atoms with Crippen LogP contribution in [0.5, 0.6) is 0 Å². The molecule has 0 unspecified atom stereocenters. The van der Waals surface area contributed by atoms with Gasteiger partial charge in [-0.25, -0.2) is 0 Å². The second kappa shape index (κ2) is 3.64. The van der Waals surface area contributed by atoms with Crippen molar-refractivity contribution >= 4 is 5.82 Å². The maximum Gasteiger partial charge on any atom is 0.124 e. The van der Waals surface area contributed by atoms with Gasteiger partial charge in [-0.05, 0) is 19.3 Å². The Kier molecular flexibility index (Phi) is 2.48. The highest BCUT2D eigenvalue weighted by atomic mass is 15.3. The average Bonchev–Trinajstić information content (AvgIpc) is 2.76. The van der Waals surface area contributed by atoms with Gasteiger partial charge in [0.05, 0.1) is 5.69 Å².